The summed E-state index contributed by atoms with van der Waals surface area (Å²) in [6, 6.07) is 9.11. The molecule has 0 radical (unpaired) electrons. The van der Waals surface area contributed by atoms with E-state index in [1.54, 1.807) is 7.11 Å². The van der Waals surface area contributed by atoms with Crippen molar-refractivity contribution in [3.63, 3.8) is 0 Å². The number of rotatable bonds is 4. The van der Waals surface area contributed by atoms with E-state index in [1.807, 2.05) is 12.3 Å². The molecule has 1 aromatic carbocycles. The highest BCUT2D eigenvalue weighted by Gasteiger charge is 2.39. The van der Waals surface area contributed by atoms with E-state index in [9.17, 15) is 0 Å². The molecule has 3 fully saturated rings. The standard InChI is InChI=1S/C20H26N2O/c1-3-14-13-22-9-7-15(14)10-17(22)11-16-6-8-21-20-5-4-18(23-2)12-19(16)20/h4-6,8,12,14-15,17H,3,7,9-11,13H2,1-2H3/t14-,15+,17+/m0/s1. The first-order valence-corrected chi connectivity index (χ1v) is 8.94. The third-order valence-corrected chi connectivity index (χ3v) is 6.03. The van der Waals surface area contributed by atoms with Crippen molar-refractivity contribution in [1.29, 1.82) is 0 Å². The van der Waals surface area contributed by atoms with E-state index in [0.29, 0.717) is 6.04 Å². The maximum absolute atomic E-state index is 5.41. The van der Waals surface area contributed by atoms with Crippen molar-refractivity contribution in [3.05, 3.63) is 36.0 Å². The number of fused-ring (bicyclic) bond motifs is 4. The smallest absolute Gasteiger partial charge is 0.119 e. The number of piperidine rings is 3. The third kappa shape index (κ3) is 2.72. The van der Waals surface area contributed by atoms with E-state index >= 15 is 0 Å². The molecule has 5 rings (SSSR count). The van der Waals surface area contributed by atoms with Crippen molar-refractivity contribution < 1.29 is 4.74 Å². The van der Waals surface area contributed by atoms with Crippen molar-refractivity contribution >= 4 is 10.9 Å². The molecular formula is C20H26N2O. The second-order valence-corrected chi connectivity index (χ2v) is 7.16. The molecule has 2 bridgehead atoms. The molecule has 122 valence electrons. The summed E-state index contributed by atoms with van der Waals surface area (Å²) >= 11 is 0. The Morgan fingerprint density at radius 2 is 2.22 bits per heavy atom. The van der Waals surface area contributed by atoms with Crippen LogP contribution in [0.1, 0.15) is 31.7 Å². The van der Waals surface area contributed by atoms with Gasteiger partial charge in [0.1, 0.15) is 5.75 Å². The number of pyridine rings is 1. The molecule has 0 spiro atoms. The second kappa shape index (κ2) is 6.12. The predicted octanol–water partition coefficient (Wildman–Crippen LogP) is 3.91. The van der Waals surface area contributed by atoms with Crippen LogP contribution in [0.3, 0.4) is 0 Å². The first-order valence-electron chi connectivity index (χ1n) is 8.94. The average molecular weight is 310 g/mol. The van der Waals surface area contributed by atoms with Gasteiger partial charge in [-0.25, -0.2) is 0 Å². The zero-order valence-corrected chi connectivity index (χ0v) is 14.2. The van der Waals surface area contributed by atoms with Gasteiger partial charge in [0.15, 0.2) is 0 Å². The molecule has 4 atom stereocenters. The molecule has 3 heteroatoms. The number of nitrogens with zero attached hydrogens (tertiary/aromatic N) is 2. The molecule has 3 nitrogen and oxygen atoms in total. The van der Waals surface area contributed by atoms with Gasteiger partial charge in [0, 0.05) is 24.2 Å². The number of benzene rings is 1. The molecule has 2 aromatic rings. The second-order valence-electron chi connectivity index (χ2n) is 7.16. The van der Waals surface area contributed by atoms with E-state index in [1.165, 1.54) is 43.3 Å². The molecule has 4 heterocycles. The van der Waals surface area contributed by atoms with Gasteiger partial charge in [-0.2, -0.15) is 0 Å². The van der Waals surface area contributed by atoms with Gasteiger partial charge in [0.2, 0.25) is 0 Å². The fourth-order valence-corrected chi connectivity index (χ4v) is 4.67. The Hall–Kier alpha value is -1.61. The molecule has 0 N–H and O–H groups in total. The van der Waals surface area contributed by atoms with E-state index < -0.39 is 0 Å². The summed E-state index contributed by atoms with van der Waals surface area (Å²) in [5, 5.41) is 1.25. The Labute approximate surface area is 138 Å². The Bertz CT molecular complexity index is 699. The number of aromatic nitrogens is 1. The summed E-state index contributed by atoms with van der Waals surface area (Å²) in [5.41, 5.74) is 2.49. The molecule has 0 saturated carbocycles. The highest BCUT2D eigenvalue weighted by atomic mass is 16.5. The molecule has 1 unspecified atom stereocenters. The minimum atomic E-state index is 0.702. The summed E-state index contributed by atoms with van der Waals surface area (Å²) in [6.45, 7) is 4.94. The lowest BCUT2D eigenvalue weighted by atomic mass is 9.73. The largest absolute Gasteiger partial charge is 0.497 e. The number of hydrogen-bond acceptors (Lipinski definition) is 3. The molecule has 1 aromatic heterocycles. The van der Waals surface area contributed by atoms with Crippen LogP contribution in [0, 0.1) is 11.8 Å². The van der Waals surface area contributed by atoms with Crippen LogP contribution in [0.25, 0.3) is 10.9 Å². The highest BCUT2D eigenvalue weighted by molar-refractivity contribution is 5.83. The summed E-state index contributed by atoms with van der Waals surface area (Å²) in [5.74, 6) is 2.79. The average Bonchev–Trinajstić information content (AvgIpc) is 2.62. The van der Waals surface area contributed by atoms with Gasteiger partial charge in [-0.15, -0.1) is 0 Å². The molecule has 0 aliphatic carbocycles. The van der Waals surface area contributed by atoms with Crippen LogP contribution in [0.5, 0.6) is 5.75 Å². The summed E-state index contributed by atoms with van der Waals surface area (Å²) in [4.78, 5) is 7.25. The fourth-order valence-electron chi connectivity index (χ4n) is 4.67. The quantitative estimate of drug-likeness (QED) is 0.856. The zero-order chi connectivity index (χ0) is 15.8. The Morgan fingerprint density at radius 3 is 2.96 bits per heavy atom. The van der Waals surface area contributed by atoms with Crippen molar-refractivity contribution in [2.45, 2.75) is 38.6 Å². The van der Waals surface area contributed by atoms with Crippen molar-refractivity contribution in [1.82, 2.24) is 9.88 Å². The number of hydrogen-bond donors (Lipinski definition) is 0. The normalized spacial score (nSPS) is 29.8. The molecule has 3 saturated heterocycles. The molecular weight excluding hydrogens is 284 g/mol. The van der Waals surface area contributed by atoms with E-state index in [2.05, 4.69) is 35.0 Å². The number of methoxy groups -OCH3 is 1. The van der Waals surface area contributed by atoms with Gasteiger partial charge in [-0.1, -0.05) is 13.3 Å². The van der Waals surface area contributed by atoms with Gasteiger partial charge < -0.3 is 4.74 Å². The van der Waals surface area contributed by atoms with Crippen LogP contribution in [-0.4, -0.2) is 36.1 Å². The SMILES string of the molecule is CC[C@H]1CN2CC[C@@H]1C[C@@H]2Cc1ccnc2ccc(OC)cc12. The Kier molecular flexibility index (Phi) is 3.98. The Balaban J connectivity index is 1.61. The lowest BCUT2D eigenvalue weighted by Gasteiger charge is -2.50. The molecule has 0 amide bonds. The molecule has 3 aliphatic heterocycles. The van der Waals surface area contributed by atoms with E-state index in [4.69, 9.17) is 4.74 Å². The predicted molar refractivity (Wildman–Crippen MR) is 93.9 cm³/mol. The lowest BCUT2D eigenvalue weighted by Crippen LogP contribution is -2.53. The van der Waals surface area contributed by atoms with Crippen LogP contribution in [0.2, 0.25) is 0 Å². The van der Waals surface area contributed by atoms with Crippen LogP contribution in [0.4, 0.5) is 0 Å². The minimum absolute atomic E-state index is 0.702. The van der Waals surface area contributed by atoms with Gasteiger partial charge in [-0.05, 0) is 67.5 Å². The van der Waals surface area contributed by atoms with Gasteiger partial charge in [0.25, 0.3) is 0 Å². The van der Waals surface area contributed by atoms with Crippen molar-refractivity contribution in [2.24, 2.45) is 11.8 Å². The van der Waals surface area contributed by atoms with E-state index in [-0.39, 0.29) is 0 Å². The maximum Gasteiger partial charge on any atom is 0.119 e. The van der Waals surface area contributed by atoms with Crippen LogP contribution < -0.4 is 4.74 Å². The monoisotopic (exact) mass is 310 g/mol. The Morgan fingerprint density at radius 1 is 1.30 bits per heavy atom. The van der Waals surface area contributed by atoms with E-state index in [0.717, 1.165) is 29.5 Å². The highest BCUT2D eigenvalue weighted by Crippen LogP contribution is 2.39. The minimum Gasteiger partial charge on any atom is -0.497 e. The topological polar surface area (TPSA) is 25.4 Å². The van der Waals surface area contributed by atoms with Crippen LogP contribution in [-0.2, 0) is 6.42 Å². The summed E-state index contributed by atoms with van der Waals surface area (Å²) in [7, 11) is 1.73. The maximum atomic E-state index is 5.41. The number of ether oxygens (including phenoxy) is 1. The first-order chi connectivity index (χ1) is 11.3. The zero-order valence-electron chi connectivity index (χ0n) is 14.2. The molecule has 3 aliphatic rings. The van der Waals surface area contributed by atoms with Crippen LogP contribution in [0.15, 0.2) is 30.5 Å². The van der Waals surface area contributed by atoms with Gasteiger partial charge in [-0.3, -0.25) is 9.88 Å². The summed E-state index contributed by atoms with van der Waals surface area (Å²) in [6.07, 6.45) is 7.20. The van der Waals surface area contributed by atoms with Crippen molar-refractivity contribution in [3.8, 4) is 5.75 Å². The fraction of sp³-hybridized carbons (Fsp3) is 0.550. The summed E-state index contributed by atoms with van der Waals surface area (Å²) < 4.78 is 5.41. The van der Waals surface area contributed by atoms with Crippen LogP contribution >= 0.6 is 0 Å². The van der Waals surface area contributed by atoms with Crippen molar-refractivity contribution in [2.75, 3.05) is 20.2 Å². The lowest BCUT2D eigenvalue weighted by molar-refractivity contribution is 0.000317. The van der Waals surface area contributed by atoms with Gasteiger partial charge in [0.05, 0.1) is 12.6 Å². The van der Waals surface area contributed by atoms with Gasteiger partial charge >= 0.3 is 0 Å². The first kappa shape index (κ1) is 14.9. The molecule has 23 heavy (non-hydrogen) atoms. The third-order valence-electron chi connectivity index (χ3n) is 6.03.